The molecule has 1 aromatic heterocycles. The standard InChI is InChI=1S/C21H30N4O2S/c1-22-21(23-14-18(16-26)17-6-3-2-4-7-17)24-15-19(20-8-5-13-28-20)25-9-11-27-12-10-25/h2-8,13,18-19,26H,9-12,14-16H2,1H3,(H2,22,23,24). The topological polar surface area (TPSA) is 69.1 Å². The highest BCUT2D eigenvalue weighted by atomic mass is 32.1. The minimum Gasteiger partial charge on any atom is -0.396 e. The lowest BCUT2D eigenvalue weighted by molar-refractivity contribution is 0.0177. The third-order valence-corrected chi connectivity index (χ3v) is 6.03. The van der Waals surface area contributed by atoms with Crippen molar-refractivity contribution in [2.24, 2.45) is 4.99 Å². The lowest BCUT2D eigenvalue weighted by Gasteiger charge is -2.34. The van der Waals surface area contributed by atoms with Gasteiger partial charge >= 0.3 is 0 Å². The van der Waals surface area contributed by atoms with E-state index in [0.717, 1.165) is 44.4 Å². The second-order valence-electron chi connectivity index (χ2n) is 6.80. The van der Waals surface area contributed by atoms with Gasteiger partial charge in [-0.05, 0) is 17.0 Å². The van der Waals surface area contributed by atoms with E-state index in [4.69, 9.17) is 4.74 Å². The number of aliphatic hydroxyl groups is 1. The summed E-state index contributed by atoms with van der Waals surface area (Å²) in [6.45, 7) is 4.94. The van der Waals surface area contributed by atoms with Crippen LogP contribution in [-0.2, 0) is 4.74 Å². The number of morpholine rings is 1. The summed E-state index contributed by atoms with van der Waals surface area (Å²) in [6.07, 6.45) is 0. The molecule has 152 valence electrons. The zero-order valence-corrected chi connectivity index (χ0v) is 17.2. The summed E-state index contributed by atoms with van der Waals surface area (Å²) >= 11 is 1.79. The molecule has 1 aliphatic rings. The van der Waals surface area contributed by atoms with Crippen LogP contribution in [0.4, 0.5) is 0 Å². The predicted octanol–water partition coefficient (Wildman–Crippen LogP) is 2.06. The van der Waals surface area contributed by atoms with E-state index >= 15 is 0 Å². The van der Waals surface area contributed by atoms with Crippen LogP contribution in [0.3, 0.4) is 0 Å². The van der Waals surface area contributed by atoms with E-state index in [9.17, 15) is 5.11 Å². The summed E-state index contributed by atoms with van der Waals surface area (Å²) in [5.41, 5.74) is 1.12. The van der Waals surface area contributed by atoms with Crippen molar-refractivity contribution < 1.29 is 9.84 Å². The van der Waals surface area contributed by atoms with Crippen molar-refractivity contribution in [3.05, 3.63) is 58.3 Å². The Bertz CT molecular complexity index is 702. The molecule has 1 fully saturated rings. The quantitative estimate of drug-likeness (QED) is 0.466. The van der Waals surface area contributed by atoms with Crippen molar-refractivity contribution in [3.8, 4) is 0 Å². The van der Waals surface area contributed by atoms with Crippen molar-refractivity contribution in [2.75, 3.05) is 53.0 Å². The molecule has 0 aliphatic carbocycles. The second-order valence-corrected chi connectivity index (χ2v) is 7.78. The molecule has 6 nitrogen and oxygen atoms in total. The molecule has 1 saturated heterocycles. The number of benzene rings is 1. The molecule has 0 spiro atoms. The first kappa shape index (κ1) is 20.8. The van der Waals surface area contributed by atoms with Gasteiger partial charge in [-0.15, -0.1) is 11.3 Å². The van der Waals surface area contributed by atoms with Gasteiger partial charge in [-0.1, -0.05) is 36.4 Å². The maximum absolute atomic E-state index is 9.76. The van der Waals surface area contributed by atoms with Crippen molar-refractivity contribution in [2.45, 2.75) is 12.0 Å². The van der Waals surface area contributed by atoms with Crippen molar-refractivity contribution >= 4 is 17.3 Å². The number of nitrogens with one attached hydrogen (secondary N) is 2. The molecule has 0 saturated carbocycles. The van der Waals surface area contributed by atoms with Gasteiger partial charge in [-0.2, -0.15) is 0 Å². The first-order valence-electron chi connectivity index (χ1n) is 9.77. The summed E-state index contributed by atoms with van der Waals surface area (Å²) < 4.78 is 5.51. The zero-order valence-electron chi connectivity index (χ0n) is 16.4. The highest BCUT2D eigenvalue weighted by Crippen LogP contribution is 2.25. The fourth-order valence-electron chi connectivity index (χ4n) is 3.43. The fourth-order valence-corrected chi connectivity index (χ4v) is 4.29. The van der Waals surface area contributed by atoms with Crippen LogP contribution in [0.1, 0.15) is 22.4 Å². The molecule has 0 radical (unpaired) electrons. The van der Waals surface area contributed by atoms with Crippen LogP contribution in [0.15, 0.2) is 52.8 Å². The molecule has 7 heteroatoms. The van der Waals surface area contributed by atoms with E-state index in [2.05, 4.69) is 38.0 Å². The lowest BCUT2D eigenvalue weighted by Crippen LogP contribution is -2.46. The number of aliphatic imine (C=N–C) groups is 1. The molecule has 2 aromatic rings. The van der Waals surface area contributed by atoms with Gasteiger partial charge in [0.05, 0.1) is 25.9 Å². The number of aliphatic hydroxyl groups excluding tert-OH is 1. The van der Waals surface area contributed by atoms with E-state index in [1.807, 2.05) is 30.3 Å². The van der Waals surface area contributed by atoms with Crippen LogP contribution in [0, 0.1) is 0 Å². The number of guanidine groups is 1. The molecule has 3 N–H and O–H groups in total. The first-order valence-corrected chi connectivity index (χ1v) is 10.6. The molecule has 2 atom stereocenters. The van der Waals surface area contributed by atoms with E-state index in [0.29, 0.717) is 12.6 Å². The Kier molecular flexibility index (Phi) is 8.29. The van der Waals surface area contributed by atoms with Crippen LogP contribution < -0.4 is 10.6 Å². The number of ether oxygens (including phenoxy) is 1. The van der Waals surface area contributed by atoms with Crippen molar-refractivity contribution in [1.82, 2.24) is 15.5 Å². The summed E-state index contributed by atoms with van der Waals surface area (Å²) in [6, 6.07) is 14.7. The molecule has 28 heavy (non-hydrogen) atoms. The largest absolute Gasteiger partial charge is 0.396 e. The maximum atomic E-state index is 9.76. The molecule has 2 unspecified atom stereocenters. The Morgan fingerprint density at radius 1 is 1.14 bits per heavy atom. The number of thiophene rings is 1. The molecule has 2 heterocycles. The minimum atomic E-state index is 0.0343. The normalized spacial score (nSPS) is 17.9. The summed E-state index contributed by atoms with van der Waals surface area (Å²) in [7, 11) is 1.78. The van der Waals surface area contributed by atoms with Crippen LogP contribution in [0.5, 0.6) is 0 Å². The smallest absolute Gasteiger partial charge is 0.191 e. The molecule has 1 aliphatic heterocycles. The molecular formula is C21H30N4O2S. The van der Waals surface area contributed by atoms with Gasteiger partial charge in [0.1, 0.15) is 0 Å². The highest BCUT2D eigenvalue weighted by Gasteiger charge is 2.23. The van der Waals surface area contributed by atoms with Crippen LogP contribution in [0.25, 0.3) is 0 Å². The highest BCUT2D eigenvalue weighted by molar-refractivity contribution is 7.10. The van der Waals surface area contributed by atoms with Crippen LogP contribution in [-0.4, -0.2) is 69.0 Å². The number of nitrogens with zero attached hydrogens (tertiary/aromatic N) is 2. The van der Waals surface area contributed by atoms with E-state index in [1.54, 1.807) is 18.4 Å². The maximum Gasteiger partial charge on any atom is 0.191 e. The predicted molar refractivity (Wildman–Crippen MR) is 115 cm³/mol. The van der Waals surface area contributed by atoms with Gasteiger partial charge in [0.2, 0.25) is 0 Å². The third-order valence-electron chi connectivity index (χ3n) is 5.05. The molecule has 1 aromatic carbocycles. The van der Waals surface area contributed by atoms with E-state index in [1.165, 1.54) is 4.88 Å². The van der Waals surface area contributed by atoms with Gasteiger partial charge in [-0.25, -0.2) is 0 Å². The SMILES string of the molecule is CN=C(NCC(CO)c1ccccc1)NCC(c1cccs1)N1CCOCC1. The third kappa shape index (κ3) is 5.78. The Labute approximate surface area is 171 Å². The van der Waals surface area contributed by atoms with Gasteiger partial charge in [0.25, 0.3) is 0 Å². The lowest BCUT2D eigenvalue weighted by atomic mass is 10.0. The molecule has 3 rings (SSSR count). The van der Waals surface area contributed by atoms with Gasteiger partial charge in [-0.3, -0.25) is 9.89 Å². The van der Waals surface area contributed by atoms with Crippen molar-refractivity contribution in [1.29, 1.82) is 0 Å². The Morgan fingerprint density at radius 3 is 2.54 bits per heavy atom. The minimum absolute atomic E-state index is 0.0343. The summed E-state index contributed by atoms with van der Waals surface area (Å²) in [5, 5.41) is 18.7. The number of hydrogen-bond donors (Lipinski definition) is 3. The molecule has 0 amide bonds. The fraction of sp³-hybridized carbons (Fsp3) is 0.476. The van der Waals surface area contributed by atoms with Gasteiger partial charge in [0.15, 0.2) is 5.96 Å². The Morgan fingerprint density at radius 2 is 1.89 bits per heavy atom. The summed E-state index contributed by atoms with van der Waals surface area (Å²) in [5.74, 6) is 0.788. The van der Waals surface area contributed by atoms with E-state index < -0.39 is 0 Å². The molecule has 0 bridgehead atoms. The zero-order chi connectivity index (χ0) is 19.6. The van der Waals surface area contributed by atoms with Gasteiger partial charge < -0.3 is 20.5 Å². The van der Waals surface area contributed by atoms with Crippen LogP contribution in [0.2, 0.25) is 0 Å². The second kappa shape index (κ2) is 11.2. The Hall–Kier alpha value is -1.93. The molecular weight excluding hydrogens is 372 g/mol. The number of rotatable bonds is 8. The average molecular weight is 403 g/mol. The van der Waals surface area contributed by atoms with Crippen molar-refractivity contribution in [3.63, 3.8) is 0 Å². The Balaban J connectivity index is 1.57. The van der Waals surface area contributed by atoms with Gasteiger partial charge in [0, 0.05) is 44.0 Å². The number of hydrogen-bond acceptors (Lipinski definition) is 5. The first-order chi connectivity index (χ1) is 13.8. The van der Waals surface area contributed by atoms with Crippen LogP contribution >= 0.6 is 11.3 Å². The van der Waals surface area contributed by atoms with E-state index in [-0.39, 0.29) is 12.5 Å². The summed E-state index contributed by atoms with van der Waals surface area (Å²) in [4.78, 5) is 8.18. The monoisotopic (exact) mass is 402 g/mol. The average Bonchev–Trinajstić information content (AvgIpc) is 3.29.